The second kappa shape index (κ2) is 8.13. The zero-order valence-electron chi connectivity index (χ0n) is 14.7. The third-order valence-electron chi connectivity index (χ3n) is 4.34. The second-order valence-electron chi connectivity index (χ2n) is 6.73. The van der Waals surface area contributed by atoms with Gasteiger partial charge in [0.1, 0.15) is 5.60 Å². The number of rotatable bonds is 8. The number of nitrogens with one attached hydrogen (secondary N) is 2. The predicted octanol–water partition coefficient (Wildman–Crippen LogP) is 1.85. The zero-order chi connectivity index (χ0) is 16.9. The van der Waals surface area contributed by atoms with E-state index in [9.17, 15) is 5.11 Å². The number of likely N-dealkylation sites (N-methyl/N-ethyl adjacent to an activating group) is 1. The van der Waals surface area contributed by atoms with Gasteiger partial charge in [0.05, 0.1) is 6.54 Å². The highest BCUT2D eigenvalue weighted by Gasteiger charge is 2.32. The molecule has 2 unspecified atom stereocenters. The van der Waals surface area contributed by atoms with Crippen LogP contribution in [0.4, 0.5) is 0 Å². The van der Waals surface area contributed by atoms with Gasteiger partial charge in [0.2, 0.25) is 0 Å². The molecule has 1 aromatic rings. The van der Waals surface area contributed by atoms with E-state index in [2.05, 4.69) is 41.5 Å². The second-order valence-corrected chi connectivity index (χ2v) is 7.51. The first-order chi connectivity index (χ1) is 10.9. The number of aliphatic hydroxyl groups is 1. The Labute approximate surface area is 143 Å². The van der Waals surface area contributed by atoms with Crippen LogP contribution >= 0.6 is 11.3 Å². The zero-order valence-corrected chi connectivity index (χ0v) is 15.5. The van der Waals surface area contributed by atoms with E-state index in [4.69, 9.17) is 0 Å². The van der Waals surface area contributed by atoms with Crippen LogP contribution < -0.4 is 10.6 Å². The Kier molecular flexibility index (Phi) is 6.44. The van der Waals surface area contributed by atoms with E-state index in [0.717, 1.165) is 30.5 Å². The molecule has 1 aliphatic rings. The SMILES string of the molecule is CCNC(=NCC(C)(O)c1ccsc1)NCC(C1CC1)N(C)C. The summed E-state index contributed by atoms with van der Waals surface area (Å²) in [6, 6.07) is 2.49. The van der Waals surface area contributed by atoms with Crippen molar-refractivity contribution in [2.75, 3.05) is 33.7 Å². The average molecular weight is 339 g/mol. The number of thiophene rings is 1. The first-order valence-electron chi connectivity index (χ1n) is 8.37. The van der Waals surface area contributed by atoms with Crippen molar-refractivity contribution in [3.05, 3.63) is 22.4 Å². The summed E-state index contributed by atoms with van der Waals surface area (Å²) in [6.45, 7) is 5.90. The Morgan fingerprint density at radius 1 is 1.48 bits per heavy atom. The van der Waals surface area contributed by atoms with E-state index in [1.54, 1.807) is 11.3 Å². The van der Waals surface area contributed by atoms with Crippen molar-refractivity contribution in [3.8, 4) is 0 Å². The van der Waals surface area contributed by atoms with Crippen molar-refractivity contribution in [2.24, 2.45) is 10.9 Å². The maximum absolute atomic E-state index is 10.6. The Balaban J connectivity index is 1.94. The normalized spacial score (nSPS) is 19.5. The lowest BCUT2D eigenvalue weighted by Gasteiger charge is -2.26. The predicted molar refractivity (Wildman–Crippen MR) is 98.1 cm³/mol. The van der Waals surface area contributed by atoms with E-state index in [1.807, 2.05) is 23.8 Å². The van der Waals surface area contributed by atoms with Gasteiger partial charge in [-0.1, -0.05) is 0 Å². The molecule has 0 bridgehead atoms. The molecule has 0 aliphatic heterocycles. The highest BCUT2D eigenvalue weighted by atomic mass is 32.1. The molecule has 0 spiro atoms. The van der Waals surface area contributed by atoms with E-state index in [-0.39, 0.29) is 0 Å². The van der Waals surface area contributed by atoms with Crippen LogP contribution in [0, 0.1) is 5.92 Å². The van der Waals surface area contributed by atoms with Crippen molar-refractivity contribution >= 4 is 17.3 Å². The molecule has 1 heterocycles. The van der Waals surface area contributed by atoms with Gasteiger partial charge in [-0.3, -0.25) is 0 Å². The summed E-state index contributed by atoms with van der Waals surface area (Å²) in [4.78, 5) is 6.87. The molecule has 0 saturated heterocycles. The van der Waals surface area contributed by atoms with Crippen molar-refractivity contribution in [1.82, 2.24) is 15.5 Å². The lowest BCUT2D eigenvalue weighted by molar-refractivity contribution is 0.0677. The number of hydrogen-bond acceptors (Lipinski definition) is 4. The standard InChI is InChI=1S/C17H30N4OS/c1-5-18-16(19-10-15(21(3)4)13-6-7-13)20-12-17(2,22)14-8-9-23-11-14/h8-9,11,13,15,22H,5-7,10,12H2,1-4H3,(H2,18,19,20). The van der Waals surface area contributed by atoms with Crippen LogP contribution in [-0.2, 0) is 5.60 Å². The number of hydrogen-bond donors (Lipinski definition) is 3. The molecular formula is C17H30N4OS. The van der Waals surface area contributed by atoms with E-state index < -0.39 is 5.60 Å². The quantitative estimate of drug-likeness (QED) is 0.500. The van der Waals surface area contributed by atoms with Gasteiger partial charge >= 0.3 is 0 Å². The fraction of sp³-hybridized carbons (Fsp3) is 0.706. The van der Waals surface area contributed by atoms with Crippen LogP contribution in [0.15, 0.2) is 21.8 Å². The van der Waals surface area contributed by atoms with Gasteiger partial charge in [0, 0.05) is 19.1 Å². The lowest BCUT2D eigenvalue weighted by atomic mass is 10.00. The Morgan fingerprint density at radius 3 is 2.74 bits per heavy atom. The molecule has 2 atom stereocenters. The summed E-state index contributed by atoms with van der Waals surface area (Å²) in [6.07, 6.45) is 2.65. The van der Waals surface area contributed by atoms with Gasteiger partial charge < -0.3 is 20.6 Å². The highest BCUT2D eigenvalue weighted by molar-refractivity contribution is 7.08. The smallest absolute Gasteiger partial charge is 0.191 e. The molecule has 3 N–H and O–H groups in total. The van der Waals surface area contributed by atoms with Gasteiger partial charge in [-0.05, 0) is 69.1 Å². The van der Waals surface area contributed by atoms with E-state index in [1.165, 1.54) is 12.8 Å². The lowest BCUT2D eigenvalue weighted by Crippen LogP contribution is -2.46. The van der Waals surface area contributed by atoms with Gasteiger partial charge in [-0.25, -0.2) is 4.99 Å². The fourth-order valence-corrected chi connectivity index (χ4v) is 3.47. The molecule has 0 aromatic carbocycles. The molecule has 130 valence electrons. The van der Waals surface area contributed by atoms with Crippen molar-refractivity contribution in [2.45, 2.75) is 38.3 Å². The van der Waals surface area contributed by atoms with Gasteiger partial charge in [0.25, 0.3) is 0 Å². The summed E-state index contributed by atoms with van der Waals surface area (Å²) in [7, 11) is 4.27. The third kappa shape index (κ3) is 5.48. The van der Waals surface area contributed by atoms with Crippen LogP contribution in [-0.4, -0.2) is 55.7 Å². The van der Waals surface area contributed by atoms with Gasteiger partial charge in [0.15, 0.2) is 5.96 Å². The minimum absolute atomic E-state index is 0.342. The molecule has 0 radical (unpaired) electrons. The van der Waals surface area contributed by atoms with Crippen LogP contribution in [0.1, 0.15) is 32.3 Å². The van der Waals surface area contributed by atoms with Crippen molar-refractivity contribution < 1.29 is 5.11 Å². The Hall–Kier alpha value is -1.11. The van der Waals surface area contributed by atoms with E-state index >= 15 is 0 Å². The minimum atomic E-state index is -0.931. The van der Waals surface area contributed by atoms with Crippen LogP contribution in [0.2, 0.25) is 0 Å². The monoisotopic (exact) mass is 338 g/mol. The summed E-state index contributed by atoms with van der Waals surface area (Å²) >= 11 is 1.59. The topological polar surface area (TPSA) is 59.9 Å². The van der Waals surface area contributed by atoms with Gasteiger partial charge in [-0.15, -0.1) is 0 Å². The molecule has 23 heavy (non-hydrogen) atoms. The fourth-order valence-electron chi connectivity index (χ4n) is 2.69. The first kappa shape index (κ1) is 18.2. The number of aliphatic imine (C=N–C) groups is 1. The van der Waals surface area contributed by atoms with Crippen LogP contribution in [0.3, 0.4) is 0 Å². The molecular weight excluding hydrogens is 308 g/mol. The molecule has 5 nitrogen and oxygen atoms in total. The highest BCUT2D eigenvalue weighted by Crippen LogP contribution is 2.34. The summed E-state index contributed by atoms with van der Waals surface area (Å²) in [5.74, 6) is 1.57. The largest absolute Gasteiger partial charge is 0.383 e. The number of guanidine groups is 1. The maximum atomic E-state index is 10.6. The molecule has 1 saturated carbocycles. The third-order valence-corrected chi connectivity index (χ3v) is 5.02. The van der Waals surface area contributed by atoms with Crippen LogP contribution in [0.25, 0.3) is 0 Å². The Bertz CT molecular complexity index is 493. The average Bonchev–Trinajstić information content (AvgIpc) is 3.15. The first-order valence-corrected chi connectivity index (χ1v) is 9.32. The Morgan fingerprint density at radius 2 is 2.22 bits per heavy atom. The molecule has 2 rings (SSSR count). The van der Waals surface area contributed by atoms with Gasteiger partial charge in [-0.2, -0.15) is 11.3 Å². The summed E-state index contributed by atoms with van der Waals surface area (Å²) in [5, 5.41) is 21.2. The minimum Gasteiger partial charge on any atom is -0.383 e. The van der Waals surface area contributed by atoms with Crippen molar-refractivity contribution in [1.29, 1.82) is 0 Å². The molecule has 1 aromatic heterocycles. The maximum Gasteiger partial charge on any atom is 0.191 e. The molecule has 1 fully saturated rings. The van der Waals surface area contributed by atoms with E-state index in [0.29, 0.717) is 12.6 Å². The molecule has 1 aliphatic carbocycles. The number of nitrogens with zero attached hydrogens (tertiary/aromatic N) is 2. The van der Waals surface area contributed by atoms with Crippen LogP contribution in [0.5, 0.6) is 0 Å². The molecule has 6 heteroatoms. The summed E-state index contributed by atoms with van der Waals surface area (Å²) in [5.41, 5.74) is -0.00831. The van der Waals surface area contributed by atoms with Crippen molar-refractivity contribution in [3.63, 3.8) is 0 Å². The molecule has 0 amide bonds. The summed E-state index contributed by atoms with van der Waals surface area (Å²) < 4.78 is 0.